The van der Waals surface area contributed by atoms with E-state index in [1.807, 2.05) is 103 Å². The number of aliphatic hydroxyl groups is 1. The van der Waals surface area contributed by atoms with E-state index in [9.17, 15) is 19.5 Å². The highest BCUT2D eigenvalue weighted by molar-refractivity contribution is 5.86. The molecular weight excluding hydrogens is 516 g/mol. The summed E-state index contributed by atoms with van der Waals surface area (Å²) >= 11 is 0. The Morgan fingerprint density at radius 2 is 1.41 bits per heavy atom. The number of ether oxygens (including phenoxy) is 1. The van der Waals surface area contributed by atoms with Gasteiger partial charge in [0, 0.05) is 19.5 Å². The van der Waals surface area contributed by atoms with E-state index in [1.165, 1.54) is 0 Å². The monoisotopic (exact) mass is 554 g/mol. The minimum Gasteiger partial charge on any atom is -0.463 e. The molecule has 0 spiro atoms. The van der Waals surface area contributed by atoms with Crippen LogP contribution < -0.4 is 5.32 Å². The number of hydrogen-bond donors (Lipinski definition) is 2. The molecule has 7 heteroatoms. The van der Waals surface area contributed by atoms with Gasteiger partial charge in [-0.15, -0.1) is 0 Å². The predicted molar refractivity (Wildman–Crippen MR) is 157 cm³/mol. The fourth-order valence-electron chi connectivity index (χ4n) is 5.00. The second kappa shape index (κ2) is 15.5. The largest absolute Gasteiger partial charge is 0.463 e. The quantitative estimate of drug-likeness (QED) is 0.297. The Balaban J connectivity index is 1.55. The fraction of sp³-hybridized carbons (Fsp3) is 0.324. The molecule has 3 aromatic rings. The Bertz CT molecular complexity index is 1280. The summed E-state index contributed by atoms with van der Waals surface area (Å²) in [5, 5.41) is 12.7. The van der Waals surface area contributed by atoms with Gasteiger partial charge < -0.3 is 20.1 Å². The van der Waals surface area contributed by atoms with Crippen LogP contribution in [0.4, 0.5) is 0 Å². The van der Waals surface area contributed by atoms with Gasteiger partial charge in [-0.05, 0) is 36.0 Å². The summed E-state index contributed by atoms with van der Waals surface area (Å²) in [5.74, 6) is -1.77. The fourth-order valence-corrected chi connectivity index (χ4v) is 5.00. The van der Waals surface area contributed by atoms with Crippen LogP contribution in [-0.2, 0) is 32.1 Å². The van der Waals surface area contributed by atoms with Crippen molar-refractivity contribution in [3.8, 4) is 0 Å². The van der Waals surface area contributed by atoms with Crippen LogP contribution in [0.5, 0.6) is 0 Å². The van der Waals surface area contributed by atoms with Crippen molar-refractivity contribution >= 4 is 17.8 Å². The summed E-state index contributed by atoms with van der Waals surface area (Å²) in [6.07, 6.45) is 5.16. The molecule has 7 nitrogen and oxygen atoms in total. The zero-order chi connectivity index (χ0) is 28.9. The topological polar surface area (TPSA) is 95.9 Å². The molecule has 0 fully saturated rings. The van der Waals surface area contributed by atoms with Crippen LogP contribution in [0.25, 0.3) is 0 Å². The summed E-state index contributed by atoms with van der Waals surface area (Å²) in [7, 11) is 0. The lowest BCUT2D eigenvalue weighted by molar-refractivity contribution is -0.150. The van der Waals surface area contributed by atoms with E-state index in [2.05, 4.69) is 5.32 Å². The summed E-state index contributed by atoms with van der Waals surface area (Å²) in [5.41, 5.74) is 2.82. The van der Waals surface area contributed by atoms with Gasteiger partial charge in [0.1, 0.15) is 6.61 Å². The van der Waals surface area contributed by atoms with Crippen LogP contribution in [0.15, 0.2) is 103 Å². The van der Waals surface area contributed by atoms with Gasteiger partial charge in [0.25, 0.3) is 0 Å². The van der Waals surface area contributed by atoms with E-state index in [0.29, 0.717) is 25.8 Å². The Hall–Kier alpha value is -4.23. The third kappa shape index (κ3) is 9.15. The molecule has 214 valence electrons. The summed E-state index contributed by atoms with van der Waals surface area (Å²) in [4.78, 5) is 41.7. The second-order valence-corrected chi connectivity index (χ2v) is 10.4. The smallest absolute Gasteiger partial charge is 0.309 e. The van der Waals surface area contributed by atoms with E-state index in [0.717, 1.165) is 16.7 Å². The maximum atomic E-state index is 13.6. The zero-order valence-corrected chi connectivity index (χ0v) is 23.2. The van der Waals surface area contributed by atoms with Gasteiger partial charge in [-0.1, -0.05) is 103 Å². The first-order chi connectivity index (χ1) is 20.0. The van der Waals surface area contributed by atoms with Crippen LogP contribution in [0, 0.1) is 11.8 Å². The molecule has 1 aliphatic rings. The van der Waals surface area contributed by atoms with Crippen molar-refractivity contribution in [1.82, 2.24) is 10.2 Å². The first-order valence-corrected chi connectivity index (χ1v) is 14.2. The second-order valence-electron chi connectivity index (χ2n) is 10.4. The Kier molecular flexibility index (Phi) is 11.3. The number of allylic oxidation sites excluding steroid dienone is 2. The highest BCUT2D eigenvalue weighted by Gasteiger charge is 2.28. The lowest BCUT2D eigenvalue weighted by atomic mass is 9.94. The molecule has 1 heterocycles. The molecule has 3 aromatic carbocycles. The molecule has 0 unspecified atom stereocenters. The third-order valence-corrected chi connectivity index (χ3v) is 7.31. The van der Waals surface area contributed by atoms with E-state index in [4.69, 9.17) is 4.74 Å². The molecule has 1 aliphatic heterocycles. The number of nitrogens with zero attached hydrogens (tertiary/aromatic N) is 1. The number of nitrogens with one attached hydrogen (secondary N) is 1. The summed E-state index contributed by atoms with van der Waals surface area (Å²) < 4.78 is 5.78. The lowest BCUT2D eigenvalue weighted by Gasteiger charge is -2.27. The standard InChI is InChI=1S/C34H38N2O5/c37-21-20-36(24-27-14-6-2-7-15-27)32(38)23-29-18-10-11-19-30(22-26-12-4-1-5-13-26)34(40)41-25-31(35-33(29)39)28-16-8-3-9-17-28/h1-17,29-31,37H,18-25H2,(H,35,39)/t29-,30+,31+/m1/s1. The number of esters is 1. The lowest BCUT2D eigenvalue weighted by Crippen LogP contribution is -2.40. The normalized spacial score (nSPS) is 19.8. The van der Waals surface area contributed by atoms with Crippen LogP contribution >= 0.6 is 0 Å². The number of amides is 2. The van der Waals surface area contributed by atoms with Gasteiger partial charge in [-0.3, -0.25) is 14.4 Å². The molecule has 0 bridgehead atoms. The molecule has 3 atom stereocenters. The molecule has 0 radical (unpaired) electrons. The number of aliphatic hydroxyl groups excluding tert-OH is 1. The zero-order valence-electron chi connectivity index (χ0n) is 23.2. The number of benzene rings is 3. The molecule has 0 aliphatic carbocycles. The number of carbonyl (C=O) groups is 3. The van der Waals surface area contributed by atoms with Crippen molar-refractivity contribution < 1.29 is 24.2 Å². The van der Waals surface area contributed by atoms with E-state index < -0.39 is 12.0 Å². The maximum Gasteiger partial charge on any atom is 0.309 e. The van der Waals surface area contributed by atoms with Gasteiger partial charge in [0.15, 0.2) is 0 Å². The van der Waals surface area contributed by atoms with Crippen LogP contribution in [0.3, 0.4) is 0 Å². The minimum atomic E-state index is -0.621. The minimum absolute atomic E-state index is 0.00223. The Morgan fingerprint density at radius 1 is 0.829 bits per heavy atom. The van der Waals surface area contributed by atoms with Crippen LogP contribution in [-0.4, -0.2) is 47.5 Å². The molecule has 2 amide bonds. The predicted octanol–water partition coefficient (Wildman–Crippen LogP) is 4.62. The highest BCUT2D eigenvalue weighted by Crippen LogP contribution is 2.22. The SMILES string of the molecule is O=C1N[C@H](c2ccccc2)COC(=O)[C@H](Cc2ccccc2)CC=CC[C@@H]1CC(=O)N(CCO)Cc1ccccc1. The van der Waals surface area contributed by atoms with E-state index in [-0.39, 0.29) is 49.9 Å². The first kappa shape index (κ1) is 29.7. The molecule has 0 saturated heterocycles. The van der Waals surface area contributed by atoms with Crippen molar-refractivity contribution in [1.29, 1.82) is 0 Å². The summed E-state index contributed by atoms with van der Waals surface area (Å²) in [6.45, 7) is 0.365. The van der Waals surface area contributed by atoms with Crippen molar-refractivity contribution in [3.05, 3.63) is 120 Å². The number of carbonyl (C=O) groups excluding carboxylic acids is 3. The number of cyclic esters (lactones) is 1. The molecule has 2 N–H and O–H groups in total. The van der Waals surface area contributed by atoms with Gasteiger partial charge in [0.05, 0.1) is 24.5 Å². The summed E-state index contributed by atoms with van der Waals surface area (Å²) in [6, 6.07) is 28.3. The molecule has 0 saturated carbocycles. The van der Waals surface area contributed by atoms with Gasteiger partial charge in [0.2, 0.25) is 11.8 Å². The molecular formula is C34H38N2O5. The van der Waals surface area contributed by atoms with Crippen molar-refractivity contribution in [3.63, 3.8) is 0 Å². The van der Waals surface area contributed by atoms with Gasteiger partial charge in [-0.25, -0.2) is 0 Å². The third-order valence-electron chi connectivity index (χ3n) is 7.31. The van der Waals surface area contributed by atoms with E-state index >= 15 is 0 Å². The average Bonchev–Trinajstić information content (AvgIpc) is 3.00. The Morgan fingerprint density at radius 3 is 2.05 bits per heavy atom. The Labute approximate surface area is 241 Å². The first-order valence-electron chi connectivity index (χ1n) is 14.2. The molecule has 0 aromatic heterocycles. The van der Waals surface area contributed by atoms with Crippen LogP contribution in [0.1, 0.15) is 42.0 Å². The average molecular weight is 555 g/mol. The number of rotatable bonds is 9. The molecule has 41 heavy (non-hydrogen) atoms. The van der Waals surface area contributed by atoms with Crippen molar-refractivity contribution in [2.24, 2.45) is 11.8 Å². The number of hydrogen-bond acceptors (Lipinski definition) is 5. The highest BCUT2D eigenvalue weighted by atomic mass is 16.5. The maximum absolute atomic E-state index is 13.6. The van der Waals surface area contributed by atoms with Gasteiger partial charge >= 0.3 is 5.97 Å². The van der Waals surface area contributed by atoms with Crippen LogP contribution in [0.2, 0.25) is 0 Å². The van der Waals surface area contributed by atoms with Gasteiger partial charge in [-0.2, -0.15) is 0 Å². The van der Waals surface area contributed by atoms with E-state index in [1.54, 1.807) is 4.90 Å². The van der Waals surface area contributed by atoms with Crippen molar-refractivity contribution in [2.75, 3.05) is 19.8 Å². The molecule has 4 rings (SSSR count). The van der Waals surface area contributed by atoms with Crippen molar-refractivity contribution in [2.45, 2.75) is 38.3 Å².